The van der Waals surface area contributed by atoms with Crippen molar-refractivity contribution in [1.29, 1.82) is 0 Å². The molecular formula is C19H23N3. The molecular weight excluding hydrogens is 270 g/mol. The van der Waals surface area contributed by atoms with E-state index in [9.17, 15) is 0 Å². The van der Waals surface area contributed by atoms with Crippen molar-refractivity contribution in [3.05, 3.63) is 58.8 Å². The Morgan fingerprint density at radius 1 is 1.00 bits per heavy atom. The van der Waals surface area contributed by atoms with Gasteiger partial charge in [0.05, 0.1) is 22.8 Å². The van der Waals surface area contributed by atoms with Gasteiger partial charge < -0.3 is 4.98 Å². The van der Waals surface area contributed by atoms with Gasteiger partial charge in [-0.05, 0) is 37.8 Å². The topological polar surface area (TPSA) is 41.6 Å². The molecule has 0 aliphatic rings. The summed E-state index contributed by atoms with van der Waals surface area (Å²) in [5.41, 5.74) is 6.78. The zero-order chi connectivity index (χ0) is 15.7. The number of aromatic nitrogens is 3. The fourth-order valence-corrected chi connectivity index (χ4v) is 2.90. The molecule has 0 spiro atoms. The van der Waals surface area contributed by atoms with Crippen molar-refractivity contribution in [1.82, 2.24) is 15.0 Å². The molecule has 0 radical (unpaired) electrons. The van der Waals surface area contributed by atoms with Crippen LogP contribution < -0.4 is 0 Å². The fourth-order valence-electron chi connectivity index (χ4n) is 2.90. The van der Waals surface area contributed by atoms with E-state index in [4.69, 9.17) is 9.97 Å². The van der Waals surface area contributed by atoms with E-state index in [-0.39, 0.29) is 0 Å². The molecule has 3 nitrogen and oxygen atoms in total. The molecule has 0 aliphatic heterocycles. The van der Waals surface area contributed by atoms with E-state index in [1.54, 1.807) is 0 Å². The average molecular weight is 293 g/mol. The Bertz CT molecular complexity index is 800. The van der Waals surface area contributed by atoms with Crippen LogP contribution in [0.25, 0.3) is 10.9 Å². The number of hydrogen-bond donors (Lipinski definition) is 1. The molecule has 0 saturated heterocycles. The van der Waals surface area contributed by atoms with Crippen LogP contribution in [0.4, 0.5) is 0 Å². The third-order valence-corrected chi connectivity index (χ3v) is 4.08. The SMILES string of the molecule is Cc1nc(CC(C)C)c(C)nc1Cc1c[nH]c2ccccc12. The Kier molecular flexibility index (Phi) is 3.97. The smallest absolute Gasteiger partial charge is 0.0663 e. The molecule has 0 amide bonds. The zero-order valence-corrected chi connectivity index (χ0v) is 13.8. The molecule has 1 aromatic carbocycles. The van der Waals surface area contributed by atoms with E-state index in [0.29, 0.717) is 5.92 Å². The second-order valence-electron chi connectivity index (χ2n) is 6.42. The Hall–Kier alpha value is -2.16. The Labute approximate surface area is 131 Å². The highest BCUT2D eigenvalue weighted by Crippen LogP contribution is 2.22. The third-order valence-electron chi connectivity index (χ3n) is 4.08. The molecule has 1 N–H and O–H groups in total. The minimum Gasteiger partial charge on any atom is -0.361 e. The first-order chi connectivity index (χ1) is 10.5. The monoisotopic (exact) mass is 293 g/mol. The van der Waals surface area contributed by atoms with Crippen LogP contribution in [0.3, 0.4) is 0 Å². The first-order valence-corrected chi connectivity index (χ1v) is 7.92. The lowest BCUT2D eigenvalue weighted by atomic mass is 10.0. The second-order valence-corrected chi connectivity index (χ2v) is 6.42. The molecule has 114 valence electrons. The number of aromatic amines is 1. The maximum absolute atomic E-state index is 4.83. The number of H-pyrrole nitrogens is 1. The van der Waals surface area contributed by atoms with Crippen molar-refractivity contribution in [2.45, 2.75) is 40.5 Å². The van der Waals surface area contributed by atoms with Crippen LogP contribution in [0, 0.1) is 19.8 Å². The van der Waals surface area contributed by atoms with Crippen molar-refractivity contribution in [2.75, 3.05) is 0 Å². The summed E-state index contributed by atoms with van der Waals surface area (Å²) in [6.45, 7) is 8.58. The van der Waals surface area contributed by atoms with Gasteiger partial charge in [0.15, 0.2) is 0 Å². The lowest BCUT2D eigenvalue weighted by Gasteiger charge is -2.11. The standard InChI is InChI=1S/C19H23N3/c1-12(2)9-18-13(3)22-19(14(4)21-18)10-15-11-20-17-8-6-5-7-16(15)17/h5-8,11-12,20H,9-10H2,1-4H3. The lowest BCUT2D eigenvalue weighted by molar-refractivity contribution is 0.625. The highest BCUT2D eigenvalue weighted by atomic mass is 14.8. The molecule has 3 heteroatoms. The number of nitrogens with one attached hydrogen (secondary N) is 1. The number of hydrogen-bond acceptors (Lipinski definition) is 2. The number of aryl methyl sites for hydroxylation is 2. The molecule has 22 heavy (non-hydrogen) atoms. The van der Waals surface area contributed by atoms with E-state index in [1.807, 2.05) is 0 Å². The summed E-state index contributed by atoms with van der Waals surface area (Å²) in [5.74, 6) is 0.604. The minimum absolute atomic E-state index is 0.604. The maximum atomic E-state index is 4.83. The largest absolute Gasteiger partial charge is 0.361 e. The van der Waals surface area contributed by atoms with Gasteiger partial charge in [-0.1, -0.05) is 32.0 Å². The van der Waals surface area contributed by atoms with E-state index in [0.717, 1.165) is 35.6 Å². The number of benzene rings is 1. The molecule has 2 heterocycles. The summed E-state index contributed by atoms with van der Waals surface area (Å²) in [4.78, 5) is 13.0. The molecule has 0 atom stereocenters. The molecule has 3 rings (SSSR count). The van der Waals surface area contributed by atoms with Gasteiger partial charge >= 0.3 is 0 Å². The van der Waals surface area contributed by atoms with Gasteiger partial charge in [-0.3, -0.25) is 9.97 Å². The maximum Gasteiger partial charge on any atom is 0.0663 e. The Morgan fingerprint density at radius 3 is 2.45 bits per heavy atom. The van der Waals surface area contributed by atoms with Crippen LogP contribution in [0.15, 0.2) is 30.5 Å². The van der Waals surface area contributed by atoms with Crippen molar-refractivity contribution in [3.63, 3.8) is 0 Å². The summed E-state index contributed by atoms with van der Waals surface area (Å²) in [6.07, 6.45) is 3.90. The van der Waals surface area contributed by atoms with Crippen LogP contribution in [0.5, 0.6) is 0 Å². The first kappa shape index (κ1) is 14.8. The number of fused-ring (bicyclic) bond motifs is 1. The van der Waals surface area contributed by atoms with Gasteiger partial charge in [0.1, 0.15) is 0 Å². The van der Waals surface area contributed by atoms with E-state index >= 15 is 0 Å². The third kappa shape index (κ3) is 2.89. The highest BCUT2D eigenvalue weighted by Gasteiger charge is 2.12. The first-order valence-electron chi connectivity index (χ1n) is 7.92. The Balaban J connectivity index is 1.94. The molecule has 0 aliphatic carbocycles. The van der Waals surface area contributed by atoms with Crippen LogP contribution in [-0.4, -0.2) is 15.0 Å². The molecule has 3 aromatic rings. The van der Waals surface area contributed by atoms with E-state index in [1.165, 1.54) is 16.5 Å². The van der Waals surface area contributed by atoms with Crippen LogP contribution in [0.2, 0.25) is 0 Å². The average Bonchev–Trinajstić information content (AvgIpc) is 2.87. The molecule has 0 fully saturated rings. The van der Waals surface area contributed by atoms with Gasteiger partial charge in [0.25, 0.3) is 0 Å². The van der Waals surface area contributed by atoms with Crippen molar-refractivity contribution in [2.24, 2.45) is 5.92 Å². The number of rotatable bonds is 4. The molecule has 0 saturated carbocycles. The minimum atomic E-state index is 0.604. The predicted molar refractivity (Wildman–Crippen MR) is 91.2 cm³/mol. The number of para-hydroxylation sites is 1. The van der Waals surface area contributed by atoms with Crippen molar-refractivity contribution >= 4 is 10.9 Å². The highest BCUT2D eigenvalue weighted by molar-refractivity contribution is 5.83. The zero-order valence-electron chi connectivity index (χ0n) is 13.8. The van der Waals surface area contributed by atoms with Gasteiger partial charge in [0, 0.05) is 23.5 Å². The predicted octanol–water partition coefficient (Wildman–Crippen LogP) is 4.36. The number of nitrogens with zero attached hydrogens (tertiary/aromatic N) is 2. The summed E-state index contributed by atoms with van der Waals surface area (Å²) >= 11 is 0. The van der Waals surface area contributed by atoms with E-state index < -0.39 is 0 Å². The van der Waals surface area contributed by atoms with Crippen LogP contribution >= 0.6 is 0 Å². The van der Waals surface area contributed by atoms with Gasteiger partial charge in [-0.2, -0.15) is 0 Å². The fraction of sp³-hybridized carbons (Fsp3) is 0.368. The summed E-state index contributed by atoms with van der Waals surface area (Å²) in [7, 11) is 0. The van der Waals surface area contributed by atoms with Gasteiger partial charge in [-0.15, -0.1) is 0 Å². The van der Waals surface area contributed by atoms with Gasteiger partial charge in [-0.25, -0.2) is 0 Å². The second kappa shape index (κ2) is 5.91. The van der Waals surface area contributed by atoms with Crippen LogP contribution in [-0.2, 0) is 12.8 Å². The summed E-state index contributed by atoms with van der Waals surface area (Å²) in [6, 6.07) is 8.39. The molecule has 0 unspecified atom stereocenters. The quantitative estimate of drug-likeness (QED) is 0.776. The lowest BCUT2D eigenvalue weighted by Crippen LogP contribution is -2.08. The molecule has 2 aromatic heterocycles. The molecule has 0 bridgehead atoms. The Morgan fingerprint density at radius 2 is 1.68 bits per heavy atom. The van der Waals surface area contributed by atoms with Crippen LogP contribution in [0.1, 0.15) is 42.2 Å². The summed E-state index contributed by atoms with van der Waals surface area (Å²) < 4.78 is 0. The normalized spacial score (nSPS) is 11.5. The van der Waals surface area contributed by atoms with Crippen molar-refractivity contribution in [3.8, 4) is 0 Å². The van der Waals surface area contributed by atoms with Gasteiger partial charge in [0.2, 0.25) is 0 Å². The van der Waals surface area contributed by atoms with Crippen molar-refractivity contribution < 1.29 is 0 Å². The van der Waals surface area contributed by atoms with E-state index in [2.05, 4.69) is 63.1 Å². The summed E-state index contributed by atoms with van der Waals surface area (Å²) in [5, 5.41) is 1.27.